The first-order chi connectivity index (χ1) is 9.47. The summed E-state index contributed by atoms with van der Waals surface area (Å²) >= 11 is 0. The summed E-state index contributed by atoms with van der Waals surface area (Å²) in [4.78, 5) is 0. The highest BCUT2D eigenvalue weighted by atomic mass is 19.2. The van der Waals surface area contributed by atoms with Gasteiger partial charge in [-0.05, 0) is 30.7 Å². The van der Waals surface area contributed by atoms with Crippen LogP contribution in [0.4, 0.5) is 17.6 Å². The highest BCUT2D eigenvalue weighted by Gasteiger charge is 2.11. The number of nitrogens with one attached hydrogen (secondary N) is 1. The van der Waals surface area contributed by atoms with Crippen LogP contribution in [-0.4, -0.2) is 0 Å². The maximum absolute atomic E-state index is 13.4. The van der Waals surface area contributed by atoms with Gasteiger partial charge in [0.2, 0.25) is 0 Å². The molecule has 2 aromatic carbocycles. The van der Waals surface area contributed by atoms with Crippen LogP contribution in [0.15, 0.2) is 36.4 Å². The Bertz CT molecular complexity index is 613. The lowest BCUT2D eigenvalue weighted by Crippen LogP contribution is -2.19. The van der Waals surface area contributed by atoms with Crippen molar-refractivity contribution < 1.29 is 17.6 Å². The molecule has 0 aliphatic carbocycles. The Morgan fingerprint density at radius 3 is 2.35 bits per heavy atom. The molecule has 1 atom stereocenters. The van der Waals surface area contributed by atoms with E-state index in [0.29, 0.717) is 11.6 Å². The Morgan fingerprint density at radius 1 is 0.950 bits per heavy atom. The van der Waals surface area contributed by atoms with E-state index in [9.17, 15) is 17.6 Å². The van der Waals surface area contributed by atoms with Crippen molar-refractivity contribution >= 4 is 0 Å². The average molecular weight is 283 g/mol. The molecular weight excluding hydrogens is 270 g/mol. The fourth-order valence-electron chi connectivity index (χ4n) is 1.86. The van der Waals surface area contributed by atoms with Crippen LogP contribution in [0.25, 0.3) is 0 Å². The maximum atomic E-state index is 13.4. The van der Waals surface area contributed by atoms with Crippen molar-refractivity contribution in [3.05, 3.63) is 70.8 Å². The number of rotatable bonds is 4. The van der Waals surface area contributed by atoms with Gasteiger partial charge in [-0.3, -0.25) is 0 Å². The lowest BCUT2D eigenvalue weighted by Gasteiger charge is -2.15. The van der Waals surface area contributed by atoms with E-state index in [4.69, 9.17) is 0 Å². The van der Waals surface area contributed by atoms with Gasteiger partial charge in [-0.25, -0.2) is 17.6 Å². The van der Waals surface area contributed by atoms with Crippen LogP contribution >= 0.6 is 0 Å². The third kappa shape index (κ3) is 3.36. The van der Waals surface area contributed by atoms with Gasteiger partial charge in [0, 0.05) is 24.2 Å². The van der Waals surface area contributed by atoms with Gasteiger partial charge in [-0.2, -0.15) is 0 Å². The predicted octanol–water partition coefficient (Wildman–Crippen LogP) is 4.09. The molecule has 0 aliphatic rings. The van der Waals surface area contributed by atoms with E-state index >= 15 is 0 Å². The molecule has 0 saturated carbocycles. The van der Waals surface area contributed by atoms with Gasteiger partial charge < -0.3 is 5.32 Å². The largest absolute Gasteiger partial charge is 0.306 e. The summed E-state index contributed by atoms with van der Waals surface area (Å²) < 4.78 is 52.3. The van der Waals surface area contributed by atoms with Crippen molar-refractivity contribution in [3.8, 4) is 0 Å². The quantitative estimate of drug-likeness (QED) is 0.658. The molecule has 2 rings (SSSR count). The molecule has 0 unspecified atom stereocenters. The van der Waals surface area contributed by atoms with Gasteiger partial charge in [0.15, 0.2) is 11.6 Å². The molecule has 0 heterocycles. The standard InChI is InChI=1S/C15H13F4N/c1-9(10-3-2-4-12(16)5-10)20-8-11-6-14(18)15(19)7-13(11)17/h2-7,9,20H,8H2,1H3/t9-/m1/s1. The van der Waals surface area contributed by atoms with Gasteiger partial charge in [-0.15, -0.1) is 0 Å². The Hall–Kier alpha value is -1.88. The Kier molecular flexibility index (Phi) is 4.39. The second-order valence-electron chi connectivity index (χ2n) is 4.52. The summed E-state index contributed by atoms with van der Waals surface area (Å²) in [5.74, 6) is -3.50. The van der Waals surface area contributed by atoms with Crippen molar-refractivity contribution in [1.82, 2.24) is 5.32 Å². The highest BCUT2D eigenvalue weighted by Crippen LogP contribution is 2.17. The highest BCUT2D eigenvalue weighted by molar-refractivity contribution is 5.22. The van der Waals surface area contributed by atoms with E-state index in [1.807, 2.05) is 0 Å². The number of hydrogen-bond donors (Lipinski definition) is 1. The van der Waals surface area contributed by atoms with Gasteiger partial charge in [0.1, 0.15) is 11.6 Å². The zero-order valence-electron chi connectivity index (χ0n) is 10.8. The van der Waals surface area contributed by atoms with Crippen LogP contribution in [0.5, 0.6) is 0 Å². The zero-order chi connectivity index (χ0) is 14.7. The summed E-state index contributed by atoms with van der Waals surface area (Å²) in [5, 5.41) is 2.93. The molecule has 1 nitrogen and oxygen atoms in total. The summed E-state index contributed by atoms with van der Waals surface area (Å²) in [7, 11) is 0. The molecule has 5 heteroatoms. The molecule has 0 radical (unpaired) electrons. The normalized spacial score (nSPS) is 12.4. The minimum Gasteiger partial charge on any atom is -0.306 e. The minimum atomic E-state index is -1.22. The van der Waals surface area contributed by atoms with Crippen LogP contribution in [0.1, 0.15) is 24.1 Å². The second-order valence-corrected chi connectivity index (χ2v) is 4.52. The van der Waals surface area contributed by atoms with E-state index in [1.54, 1.807) is 19.1 Å². The topological polar surface area (TPSA) is 12.0 Å². The van der Waals surface area contributed by atoms with E-state index in [0.717, 1.165) is 6.07 Å². The van der Waals surface area contributed by atoms with Crippen molar-refractivity contribution in [2.45, 2.75) is 19.5 Å². The van der Waals surface area contributed by atoms with Gasteiger partial charge in [0.25, 0.3) is 0 Å². The van der Waals surface area contributed by atoms with E-state index < -0.39 is 17.5 Å². The van der Waals surface area contributed by atoms with Gasteiger partial charge in [0.05, 0.1) is 0 Å². The molecule has 20 heavy (non-hydrogen) atoms. The fraction of sp³-hybridized carbons (Fsp3) is 0.200. The predicted molar refractivity (Wildman–Crippen MR) is 68.0 cm³/mol. The fourth-order valence-corrected chi connectivity index (χ4v) is 1.86. The Morgan fingerprint density at radius 2 is 1.65 bits per heavy atom. The molecule has 0 aliphatic heterocycles. The summed E-state index contributed by atoms with van der Waals surface area (Å²) in [6.45, 7) is 1.78. The van der Waals surface area contributed by atoms with Gasteiger partial charge >= 0.3 is 0 Å². The van der Waals surface area contributed by atoms with Crippen LogP contribution in [-0.2, 0) is 6.54 Å². The molecule has 0 saturated heterocycles. The molecular formula is C15H13F4N. The Labute approximate surface area is 114 Å². The zero-order valence-corrected chi connectivity index (χ0v) is 10.8. The molecule has 0 amide bonds. The number of halogens is 4. The van der Waals surface area contributed by atoms with Crippen molar-refractivity contribution in [2.24, 2.45) is 0 Å². The summed E-state index contributed by atoms with van der Waals surface area (Å²) in [6.07, 6.45) is 0. The van der Waals surface area contributed by atoms with Crippen molar-refractivity contribution in [3.63, 3.8) is 0 Å². The summed E-state index contributed by atoms with van der Waals surface area (Å²) in [5.41, 5.74) is 0.708. The van der Waals surface area contributed by atoms with Crippen LogP contribution in [0.2, 0.25) is 0 Å². The van der Waals surface area contributed by atoms with E-state index in [2.05, 4.69) is 5.32 Å². The molecule has 2 aromatic rings. The van der Waals surface area contributed by atoms with E-state index in [1.165, 1.54) is 12.1 Å². The van der Waals surface area contributed by atoms with Crippen LogP contribution in [0.3, 0.4) is 0 Å². The molecule has 0 bridgehead atoms. The minimum absolute atomic E-state index is 0.0146. The smallest absolute Gasteiger partial charge is 0.161 e. The molecule has 0 spiro atoms. The number of hydrogen-bond acceptors (Lipinski definition) is 1. The van der Waals surface area contributed by atoms with Crippen LogP contribution < -0.4 is 5.32 Å². The third-order valence-electron chi connectivity index (χ3n) is 3.04. The SMILES string of the molecule is C[C@@H](NCc1cc(F)c(F)cc1F)c1cccc(F)c1. The number of benzene rings is 2. The first-order valence-corrected chi connectivity index (χ1v) is 6.09. The van der Waals surface area contributed by atoms with E-state index in [-0.39, 0.29) is 24.0 Å². The molecule has 106 valence electrons. The Balaban J connectivity index is 2.07. The molecule has 1 N–H and O–H groups in total. The monoisotopic (exact) mass is 283 g/mol. The maximum Gasteiger partial charge on any atom is 0.161 e. The second kappa shape index (κ2) is 6.05. The first-order valence-electron chi connectivity index (χ1n) is 6.09. The van der Waals surface area contributed by atoms with Crippen molar-refractivity contribution in [1.29, 1.82) is 0 Å². The van der Waals surface area contributed by atoms with Crippen molar-refractivity contribution in [2.75, 3.05) is 0 Å². The first kappa shape index (κ1) is 14.5. The van der Waals surface area contributed by atoms with Gasteiger partial charge in [-0.1, -0.05) is 12.1 Å². The third-order valence-corrected chi connectivity index (χ3v) is 3.04. The average Bonchev–Trinajstić information content (AvgIpc) is 2.41. The lowest BCUT2D eigenvalue weighted by molar-refractivity contribution is 0.482. The molecule has 0 fully saturated rings. The van der Waals surface area contributed by atoms with Crippen LogP contribution in [0, 0.1) is 23.3 Å². The molecule has 0 aromatic heterocycles. The lowest BCUT2D eigenvalue weighted by atomic mass is 10.1. The summed E-state index contributed by atoms with van der Waals surface area (Å²) in [6, 6.07) is 7.06.